The van der Waals surface area contributed by atoms with E-state index < -0.39 is 23.6 Å². The maximum absolute atomic E-state index is 13.4. The average molecular weight is 393 g/mol. The van der Waals surface area contributed by atoms with E-state index in [0.717, 1.165) is 18.6 Å². The fraction of sp³-hybridized carbons (Fsp3) is 0.500. The van der Waals surface area contributed by atoms with E-state index >= 15 is 0 Å². The van der Waals surface area contributed by atoms with Gasteiger partial charge in [-0.1, -0.05) is 13.8 Å². The summed E-state index contributed by atoms with van der Waals surface area (Å²) in [4.78, 5) is 29.1. The molecule has 28 heavy (non-hydrogen) atoms. The van der Waals surface area contributed by atoms with Gasteiger partial charge in [-0.2, -0.15) is 0 Å². The fourth-order valence-electron chi connectivity index (χ4n) is 3.47. The normalized spacial score (nSPS) is 20.0. The first-order valence-corrected chi connectivity index (χ1v) is 9.47. The molecule has 2 aromatic rings. The lowest BCUT2D eigenvalue weighted by atomic mass is 10.0. The van der Waals surface area contributed by atoms with Gasteiger partial charge in [0, 0.05) is 42.5 Å². The average Bonchev–Trinajstić information content (AvgIpc) is 3.01. The van der Waals surface area contributed by atoms with Gasteiger partial charge in [0.15, 0.2) is 11.6 Å². The summed E-state index contributed by atoms with van der Waals surface area (Å²) in [6.07, 6.45) is 0.788. The van der Waals surface area contributed by atoms with Gasteiger partial charge < -0.3 is 20.3 Å². The number of piperidine rings is 1. The Hall–Kier alpha value is -2.48. The molecule has 0 bridgehead atoms. The molecule has 2 unspecified atom stereocenters. The van der Waals surface area contributed by atoms with E-state index in [-0.39, 0.29) is 30.7 Å². The summed E-state index contributed by atoms with van der Waals surface area (Å²) in [5.74, 6) is -2.06. The number of likely N-dealkylation sites (tertiary alicyclic amines) is 1. The molecule has 6 nitrogen and oxygen atoms in total. The third-order valence-corrected chi connectivity index (χ3v) is 4.92. The van der Waals surface area contributed by atoms with E-state index in [1.54, 1.807) is 0 Å². The van der Waals surface area contributed by atoms with E-state index in [2.05, 4.69) is 10.3 Å². The van der Waals surface area contributed by atoms with Crippen LogP contribution in [0.2, 0.25) is 0 Å². The molecule has 2 atom stereocenters. The number of carbonyl (C=O) groups is 2. The van der Waals surface area contributed by atoms with Gasteiger partial charge in [0.2, 0.25) is 5.91 Å². The minimum atomic E-state index is -0.995. The first-order valence-electron chi connectivity index (χ1n) is 9.47. The number of aromatic nitrogens is 1. The maximum atomic E-state index is 13.4. The number of aliphatic hydroxyl groups is 1. The second-order valence-corrected chi connectivity index (χ2v) is 7.83. The summed E-state index contributed by atoms with van der Waals surface area (Å²) < 4.78 is 26.8. The molecule has 0 spiro atoms. The van der Waals surface area contributed by atoms with Crippen LogP contribution in [-0.2, 0) is 4.79 Å². The lowest BCUT2D eigenvalue weighted by Crippen LogP contribution is -2.54. The van der Waals surface area contributed by atoms with Crippen molar-refractivity contribution in [1.82, 2.24) is 15.2 Å². The Morgan fingerprint density at radius 2 is 1.96 bits per heavy atom. The Kier molecular flexibility index (Phi) is 5.98. The SMILES string of the molecule is CC(C)CCC(=O)NC1CC(O)CN(C(=O)c2cc3cc(F)c(F)cc3[nH]2)C1. The van der Waals surface area contributed by atoms with Gasteiger partial charge in [-0.05, 0) is 30.9 Å². The number of β-amino-alcohol motifs (C(OH)–C–C–N with tert-alkyl or cyclic N) is 1. The first kappa shape index (κ1) is 20.3. The lowest BCUT2D eigenvalue weighted by molar-refractivity contribution is -0.122. The number of benzene rings is 1. The van der Waals surface area contributed by atoms with Crippen LogP contribution in [0.1, 0.15) is 43.6 Å². The molecule has 0 radical (unpaired) electrons. The molecule has 2 amide bonds. The molecule has 2 heterocycles. The zero-order chi connectivity index (χ0) is 20.4. The predicted octanol–water partition coefficient (Wildman–Crippen LogP) is 2.57. The van der Waals surface area contributed by atoms with Crippen molar-refractivity contribution in [1.29, 1.82) is 0 Å². The summed E-state index contributed by atoms with van der Waals surface area (Å²) in [6.45, 7) is 4.48. The highest BCUT2D eigenvalue weighted by atomic mass is 19.2. The predicted molar refractivity (Wildman–Crippen MR) is 101 cm³/mol. The summed E-state index contributed by atoms with van der Waals surface area (Å²) in [5, 5.41) is 13.4. The number of aromatic amines is 1. The van der Waals surface area contributed by atoms with Crippen molar-refractivity contribution < 1.29 is 23.5 Å². The van der Waals surface area contributed by atoms with Crippen LogP contribution in [0.25, 0.3) is 10.9 Å². The van der Waals surface area contributed by atoms with Gasteiger partial charge in [-0.3, -0.25) is 9.59 Å². The van der Waals surface area contributed by atoms with E-state index in [0.29, 0.717) is 29.7 Å². The van der Waals surface area contributed by atoms with Crippen LogP contribution in [0.15, 0.2) is 18.2 Å². The summed E-state index contributed by atoms with van der Waals surface area (Å²) in [7, 11) is 0. The van der Waals surface area contributed by atoms with Crippen molar-refractivity contribution in [3.05, 3.63) is 35.5 Å². The summed E-state index contributed by atoms with van der Waals surface area (Å²) in [5.41, 5.74) is 0.498. The van der Waals surface area contributed by atoms with Crippen LogP contribution in [0, 0.1) is 17.6 Å². The van der Waals surface area contributed by atoms with Gasteiger partial charge in [0.25, 0.3) is 5.91 Å². The number of nitrogens with one attached hydrogen (secondary N) is 2. The van der Waals surface area contributed by atoms with Crippen LogP contribution >= 0.6 is 0 Å². The van der Waals surface area contributed by atoms with Crippen molar-refractivity contribution in [2.24, 2.45) is 5.92 Å². The number of hydrogen-bond donors (Lipinski definition) is 3. The number of hydrogen-bond acceptors (Lipinski definition) is 3. The molecule has 0 aliphatic carbocycles. The van der Waals surface area contributed by atoms with Crippen molar-refractivity contribution >= 4 is 22.7 Å². The largest absolute Gasteiger partial charge is 0.391 e. The third kappa shape index (κ3) is 4.67. The molecule has 1 aromatic heterocycles. The van der Waals surface area contributed by atoms with Gasteiger partial charge in [-0.25, -0.2) is 8.78 Å². The highest BCUT2D eigenvalue weighted by Gasteiger charge is 2.31. The smallest absolute Gasteiger partial charge is 0.270 e. The minimum Gasteiger partial charge on any atom is -0.391 e. The minimum absolute atomic E-state index is 0.100. The molecule has 1 aliphatic heterocycles. The summed E-state index contributed by atoms with van der Waals surface area (Å²) >= 11 is 0. The second-order valence-electron chi connectivity index (χ2n) is 7.83. The van der Waals surface area contributed by atoms with Crippen LogP contribution in [0.3, 0.4) is 0 Å². The van der Waals surface area contributed by atoms with Crippen LogP contribution < -0.4 is 5.32 Å². The second kappa shape index (κ2) is 8.26. The van der Waals surface area contributed by atoms with Crippen LogP contribution in [0.4, 0.5) is 8.78 Å². The Bertz CT molecular complexity index is 842. The molecule has 1 aromatic carbocycles. The van der Waals surface area contributed by atoms with Crippen LogP contribution in [0.5, 0.6) is 0 Å². The molecule has 152 valence electrons. The molecule has 0 saturated carbocycles. The number of carbonyl (C=O) groups excluding carboxylic acids is 2. The molecule has 3 N–H and O–H groups in total. The number of aliphatic hydroxyl groups excluding tert-OH is 1. The van der Waals surface area contributed by atoms with Crippen molar-refractivity contribution in [2.75, 3.05) is 13.1 Å². The Morgan fingerprint density at radius 3 is 2.68 bits per heavy atom. The number of rotatable bonds is 5. The topological polar surface area (TPSA) is 85.4 Å². The van der Waals surface area contributed by atoms with Gasteiger partial charge in [-0.15, -0.1) is 0 Å². The molecule has 1 saturated heterocycles. The van der Waals surface area contributed by atoms with Crippen LogP contribution in [-0.4, -0.2) is 52.0 Å². The third-order valence-electron chi connectivity index (χ3n) is 4.92. The zero-order valence-corrected chi connectivity index (χ0v) is 16.0. The van der Waals surface area contributed by atoms with Gasteiger partial charge >= 0.3 is 0 Å². The highest BCUT2D eigenvalue weighted by Crippen LogP contribution is 2.21. The number of fused-ring (bicyclic) bond motifs is 1. The monoisotopic (exact) mass is 393 g/mol. The van der Waals surface area contributed by atoms with E-state index in [4.69, 9.17) is 0 Å². The Balaban J connectivity index is 1.70. The zero-order valence-electron chi connectivity index (χ0n) is 16.0. The van der Waals surface area contributed by atoms with Crippen molar-refractivity contribution in [3.8, 4) is 0 Å². The number of amides is 2. The first-order chi connectivity index (χ1) is 13.2. The number of H-pyrrole nitrogens is 1. The van der Waals surface area contributed by atoms with E-state index in [9.17, 15) is 23.5 Å². The lowest BCUT2D eigenvalue weighted by Gasteiger charge is -2.35. The summed E-state index contributed by atoms with van der Waals surface area (Å²) in [6, 6.07) is 3.15. The van der Waals surface area contributed by atoms with Gasteiger partial charge in [0.05, 0.1) is 6.10 Å². The Morgan fingerprint density at radius 1 is 1.25 bits per heavy atom. The molecular weight excluding hydrogens is 368 g/mol. The van der Waals surface area contributed by atoms with Crippen molar-refractivity contribution in [2.45, 2.75) is 45.3 Å². The quantitative estimate of drug-likeness (QED) is 0.730. The molecule has 8 heteroatoms. The van der Waals surface area contributed by atoms with Crippen molar-refractivity contribution in [3.63, 3.8) is 0 Å². The van der Waals surface area contributed by atoms with E-state index in [1.807, 2.05) is 13.8 Å². The Labute approximate surface area is 161 Å². The molecule has 1 fully saturated rings. The maximum Gasteiger partial charge on any atom is 0.270 e. The van der Waals surface area contributed by atoms with E-state index in [1.165, 1.54) is 11.0 Å². The standard InChI is InChI=1S/C20H25F2N3O3/c1-11(2)3-4-19(27)23-13-7-14(26)10-25(9-13)20(28)18-6-12-5-15(21)16(22)8-17(12)24-18/h5-6,8,11,13-14,24,26H,3-4,7,9-10H2,1-2H3,(H,23,27). The highest BCUT2D eigenvalue weighted by molar-refractivity contribution is 5.98. The number of halogens is 2. The molecule has 1 aliphatic rings. The number of nitrogens with zero attached hydrogens (tertiary/aromatic N) is 1. The molecular formula is C20H25F2N3O3. The fourth-order valence-corrected chi connectivity index (χ4v) is 3.47. The molecule has 3 rings (SSSR count). The van der Waals surface area contributed by atoms with Gasteiger partial charge in [0.1, 0.15) is 5.69 Å².